The van der Waals surface area contributed by atoms with Crippen molar-refractivity contribution in [1.82, 2.24) is 0 Å². The Labute approximate surface area is 153 Å². The molecule has 3 unspecified atom stereocenters. The van der Waals surface area contributed by atoms with Crippen LogP contribution < -0.4 is 0 Å². The Morgan fingerprint density at radius 3 is 2.22 bits per heavy atom. The number of halogens is 5. The van der Waals surface area contributed by atoms with Gasteiger partial charge in [-0.05, 0) is 38.0 Å². The summed E-state index contributed by atoms with van der Waals surface area (Å²) in [7, 11) is 0. The minimum atomic E-state index is -3.57. The molecule has 4 saturated carbocycles. The van der Waals surface area contributed by atoms with Gasteiger partial charge in [-0.3, -0.25) is 0 Å². The number of esters is 1. The van der Waals surface area contributed by atoms with Gasteiger partial charge in [-0.2, -0.15) is 8.78 Å². The molecule has 1 spiro atoms. The van der Waals surface area contributed by atoms with Crippen molar-refractivity contribution in [2.24, 2.45) is 17.8 Å². The van der Waals surface area contributed by atoms with Crippen LogP contribution >= 0.6 is 0 Å². The minimum Gasteiger partial charge on any atom is -0.455 e. The van der Waals surface area contributed by atoms with E-state index in [1.54, 1.807) is 0 Å². The first-order chi connectivity index (χ1) is 12.5. The molecule has 3 atom stereocenters. The fraction of sp³-hybridized carbons (Fsp3) is 0.944. The number of hydrogen-bond donors (Lipinski definition) is 0. The second-order valence-corrected chi connectivity index (χ2v) is 8.76. The standard InChI is InChI=1S/C18H23F5O4/c1-15(21,22)14(24)27-16-4-10-2-11(5-16)18(12(3-10)6-16)25-8-17(23,9-26-18)13(20)7-19/h10-13H,2-9H2,1H3. The number of ether oxygens (including phenoxy) is 3. The van der Waals surface area contributed by atoms with Crippen LogP contribution in [0.25, 0.3) is 0 Å². The lowest BCUT2D eigenvalue weighted by Crippen LogP contribution is -2.70. The van der Waals surface area contributed by atoms with Crippen LogP contribution in [0.5, 0.6) is 0 Å². The van der Waals surface area contributed by atoms with Gasteiger partial charge in [-0.15, -0.1) is 0 Å². The molecular formula is C18H23F5O4. The molecule has 1 aliphatic heterocycles. The molecule has 5 rings (SSSR count). The monoisotopic (exact) mass is 398 g/mol. The van der Waals surface area contributed by atoms with Crippen molar-refractivity contribution in [3.63, 3.8) is 0 Å². The van der Waals surface area contributed by atoms with Gasteiger partial charge >= 0.3 is 11.9 Å². The minimum absolute atomic E-state index is 0.176. The molecule has 1 heterocycles. The summed E-state index contributed by atoms with van der Waals surface area (Å²) in [5.41, 5.74) is -3.53. The highest BCUT2D eigenvalue weighted by atomic mass is 19.3. The third-order valence-corrected chi connectivity index (χ3v) is 6.71. The Kier molecular flexibility index (Phi) is 4.31. The van der Waals surface area contributed by atoms with Crippen LogP contribution in [0.4, 0.5) is 22.0 Å². The first-order valence-corrected chi connectivity index (χ1v) is 9.30. The number of alkyl halides is 5. The molecule has 27 heavy (non-hydrogen) atoms. The van der Waals surface area contributed by atoms with Gasteiger partial charge in [0.1, 0.15) is 12.3 Å². The topological polar surface area (TPSA) is 44.8 Å². The predicted octanol–water partition coefficient (Wildman–Crippen LogP) is 3.52. The molecule has 4 bridgehead atoms. The van der Waals surface area contributed by atoms with E-state index in [2.05, 4.69) is 0 Å². The van der Waals surface area contributed by atoms with Crippen LogP contribution in [-0.2, 0) is 19.0 Å². The second-order valence-electron chi connectivity index (χ2n) is 8.76. The maximum Gasteiger partial charge on any atom is 0.377 e. The van der Waals surface area contributed by atoms with Crippen LogP contribution in [0.1, 0.15) is 39.0 Å². The Bertz CT molecular complexity index is 595. The van der Waals surface area contributed by atoms with E-state index in [4.69, 9.17) is 14.2 Å². The summed E-state index contributed by atoms with van der Waals surface area (Å²) in [6.07, 6.45) is 0.108. The first-order valence-electron chi connectivity index (χ1n) is 9.30. The molecule has 9 heteroatoms. The van der Waals surface area contributed by atoms with Crippen molar-refractivity contribution >= 4 is 5.97 Å². The summed E-state index contributed by atoms with van der Waals surface area (Å²) in [5, 5.41) is 0. The molecule has 1 saturated heterocycles. The third kappa shape index (κ3) is 2.96. The highest BCUT2D eigenvalue weighted by Crippen LogP contribution is 2.63. The molecular weight excluding hydrogens is 375 g/mol. The van der Waals surface area contributed by atoms with Crippen molar-refractivity contribution in [2.45, 2.75) is 68.2 Å². The molecule has 0 aromatic carbocycles. The van der Waals surface area contributed by atoms with E-state index in [-0.39, 0.29) is 30.6 Å². The summed E-state index contributed by atoms with van der Waals surface area (Å²) in [6.45, 7) is -2.19. The summed E-state index contributed by atoms with van der Waals surface area (Å²) in [4.78, 5) is 11.7. The molecule has 4 aliphatic carbocycles. The normalized spacial score (nSPS) is 47.3. The molecule has 0 aromatic rings. The summed E-state index contributed by atoms with van der Waals surface area (Å²) in [5.74, 6) is -6.63. The first kappa shape index (κ1) is 19.4. The SMILES string of the molecule is CC(F)(F)C(=O)OC12CC3CC(C1)C1(OCC(F)(C(F)CF)CO1)C(C3)C2. The average Bonchev–Trinajstić information content (AvgIpc) is 2.59. The van der Waals surface area contributed by atoms with Crippen molar-refractivity contribution in [1.29, 1.82) is 0 Å². The van der Waals surface area contributed by atoms with Crippen LogP contribution in [-0.4, -0.2) is 55.0 Å². The fourth-order valence-corrected chi connectivity index (χ4v) is 5.61. The number of carbonyl (C=O) groups excluding carboxylic acids is 1. The maximum absolute atomic E-state index is 14.5. The van der Waals surface area contributed by atoms with Gasteiger partial charge in [0.2, 0.25) is 0 Å². The highest BCUT2D eigenvalue weighted by Gasteiger charge is 2.68. The van der Waals surface area contributed by atoms with E-state index in [0.717, 1.165) is 0 Å². The Balaban J connectivity index is 1.52. The van der Waals surface area contributed by atoms with Crippen molar-refractivity contribution in [2.75, 3.05) is 19.9 Å². The lowest BCUT2D eigenvalue weighted by molar-refractivity contribution is -0.396. The lowest BCUT2D eigenvalue weighted by Gasteiger charge is -2.64. The predicted molar refractivity (Wildman–Crippen MR) is 82.3 cm³/mol. The van der Waals surface area contributed by atoms with Gasteiger partial charge in [0.25, 0.3) is 0 Å². The van der Waals surface area contributed by atoms with E-state index < -0.39 is 55.0 Å². The number of hydrogen-bond acceptors (Lipinski definition) is 4. The Morgan fingerprint density at radius 1 is 1.19 bits per heavy atom. The van der Waals surface area contributed by atoms with E-state index in [1.165, 1.54) is 0 Å². The Morgan fingerprint density at radius 2 is 1.74 bits per heavy atom. The third-order valence-electron chi connectivity index (χ3n) is 6.71. The van der Waals surface area contributed by atoms with Gasteiger partial charge in [0.05, 0.1) is 13.2 Å². The lowest BCUT2D eigenvalue weighted by atomic mass is 9.51. The van der Waals surface area contributed by atoms with E-state index in [1.807, 2.05) is 0 Å². The molecule has 0 radical (unpaired) electrons. The number of carbonyl (C=O) groups is 1. The van der Waals surface area contributed by atoms with Gasteiger partial charge < -0.3 is 14.2 Å². The zero-order valence-electron chi connectivity index (χ0n) is 15.0. The van der Waals surface area contributed by atoms with E-state index >= 15 is 0 Å². The van der Waals surface area contributed by atoms with Gasteiger partial charge in [0.15, 0.2) is 17.6 Å². The quantitative estimate of drug-likeness (QED) is 0.537. The number of rotatable bonds is 4. The summed E-state index contributed by atoms with van der Waals surface area (Å²) in [6, 6.07) is 0. The second kappa shape index (κ2) is 6.02. The smallest absolute Gasteiger partial charge is 0.377 e. The molecule has 0 N–H and O–H groups in total. The average molecular weight is 398 g/mol. The molecule has 154 valence electrons. The summed E-state index contributed by atoms with van der Waals surface area (Å²) >= 11 is 0. The zero-order valence-corrected chi connectivity index (χ0v) is 15.0. The molecule has 5 aliphatic rings. The van der Waals surface area contributed by atoms with Crippen LogP contribution in [0, 0.1) is 17.8 Å². The van der Waals surface area contributed by atoms with Crippen LogP contribution in [0.2, 0.25) is 0 Å². The van der Waals surface area contributed by atoms with Crippen molar-refractivity contribution < 1.29 is 41.0 Å². The molecule has 5 fully saturated rings. The largest absolute Gasteiger partial charge is 0.455 e. The summed E-state index contributed by atoms with van der Waals surface area (Å²) < 4.78 is 84.0. The van der Waals surface area contributed by atoms with E-state index in [9.17, 15) is 26.7 Å². The molecule has 4 nitrogen and oxygen atoms in total. The Hall–Kier alpha value is -0.960. The van der Waals surface area contributed by atoms with Gasteiger partial charge in [-0.25, -0.2) is 18.0 Å². The highest BCUT2D eigenvalue weighted by molar-refractivity contribution is 5.77. The van der Waals surface area contributed by atoms with Crippen molar-refractivity contribution in [3.8, 4) is 0 Å². The fourth-order valence-electron chi connectivity index (χ4n) is 5.61. The van der Waals surface area contributed by atoms with E-state index in [0.29, 0.717) is 26.2 Å². The van der Waals surface area contributed by atoms with Gasteiger partial charge in [0, 0.05) is 18.8 Å². The van der Waals surface area contributed by atoms with Crippen LogP contribution in [0.15, 0.2) is 0 Å². The zero-order chi connectivity index (χ0) is 19.7. The van der Waals surface area contributed by atoms with Gasteiger partial charge in [-0.1, -0.05) is 0 Å². The maximum atomic E-state index is 14.5. The molecule has 0 amide bonds. The van der Waals surface area contributed by atoms with Crippen molar-refractivity contribution in [3.05, 3.63) is 0 Å². The molecule has 0 aromatic heterocycles. The van der Waals surface area contributed by atoms with Crippen LogP contribution in [0.3, 0.4) is 0 Å².